The number of hydrogen-bond acceptors (Lipinski definition) is 7. The van der Waals surface area contributed by atoms with Crippen LogP contribution in [0.2, 0.25) is 0 Å². The van der Waals surface area contributed by atoms with E-state index in [1.165, 1.54) is 24.5 Å². The number of methoxy groups -OCH3 is 1. The van der Waals surface area contributed by atoms with Gasteiger partial charge in [0, 0.05) is 30.7 Å². The number of benzene rings is 2. The highest BCUT2D eigenvalue weighted by atomic mass is 19.4. The van der Waals surface area contributed by atoms with Crippen molar-refractivity contribution in [3.05, 3.63) is 72.7 Å². The molecule has 0 amide bonds. The van der Waals surface area contributed by atoms with E-state index in [-0.39, 0.29) is 17.6 Å². The van der Waals surface area contributed by atoms with Gasteiger partial charge in [-0.3, -0.25) is 0 Å². The first kappa shape index (κ1) is 22.5. The fourth-order valence-corrected chi connectivity index (χ4v) is 3.38. The largest absolute Gasteiger partial charge is 0.437 e. The van der Waals surface area contributed by atoms with E-state index in [0.717, 1.165) is 23.0 Å². The highest BCUT2D eigenvalue weighted by molar-refractivity contribution is 5.81. The molecule has 3 aromatic heterocycles. The maximum absolute atomic E-state index is 12.8. The first-order valence-corrected chi connectivity index (χ1v) is 10.4. The van der Waals surface area contributed by atoms with Gasteiger partial charge in [0.05, 0.1) is 36.3 Å². The topological polar surface area (TPSA) is 88.1 Å². The van der Waals surface area contributed by atoms with Crippen LogP contribution in [0.25, 0.3) is 33.9 Å². The molecule has 8 nitrogen and oxygen atoms in total. The molecule has 1 radical (unpaired) electrons. The summed E-state index contributed by atoms with van der Waals surface area (Å²) >= 11 is 0. The molecule has 0 aliphatic carbocycles. The van der Waals surface area contributed by atoms with Gasteiger partial charge in [-0.05, 0) is 30.3 Å². The number of rotatable bonds is 7. The summed E-state index contributed by atoms with van der Waals surface area (Å²) in [7, 11) is 1.65. The summed E-state index contributed by atoms with van der Waals surface area (Å²) in [5, 5.41) is 4.84. The molecular formula is C24H17F3N5O3. The SMILES string of the molecule is COCCn1[c]cc2ccc(Oc3cnc(-c4nc(-c5ccc(C(F)(F)F)cc5)no4)cn3)cc21. The fraction of sp³-hybridized carbons (Fsp3) is 0.167. The van der Waals surface area contributed by atoms with E-state index in [4.69, 9.17) is 14.0 Å². The molecule has 5 rings (SSSR count). The van der Waals surface area contributed by atoms with Crippen LogP contribution in [0.4, 0.5) is 13.2 Å². The van der Waals surface area contributed by atoms with Gasteiger partial charge >= 0.3 is 6.18 Å². The first-order valence-electron chi connectivity index (χ1n) is 10.4. The molecule has 0 atom stereocenters. The van der Waals surface area contributed by atoms with Gasteiger partial charge in [0.25, 0.3) is 5.89 Å². The molecule has 0 aliphatic rings. The van der Waals surface area contributed by atoms with Crippen LogP contribution in [0.3, 0.4) is 0 Å². The van der Waals surface area contributed by atoms with Gasteiger partial charge in [0.2, 0.25) is 11.7 Å². The summed E-state index contributed by atoms with van der Waals surface area (Å²) in [6.45, 7) is 1.23. The van der Waals surface area contributed by atoms with Crippen molar-refractivity contribution in [3.8, 4) is 34.6 Å². The molecule has 35 heavy (non-hydrogen) atoms. The van der Waals surface area contributed by atoms with Crippen LogP contribution in [-0.2, 0) is 17.5 Å². The van der Waals surface area contributed by atoms with Crippen molar-refractivity contribution in [3.63, 3.8) is 0 Å². The van der Waals surface area contributed by atoms with Crippen molar-refractivity contribution in [2.45, 2.75) is 12.7 Å². The van der Waals surface area contributed by atoms with Gasteiger partial charge in [-0.25, -0.2) is 9.97 Å². The van der Waals surface area contributed by atoms with Crippen molar-refractivity contribution in [1.82, 2.24) is 24.7 Å². The second kappa shape index (κ2) is 9.18. The van der Waals surface area contributed by atoms with Crippen molar-refractivity contribution in [1.29, 1.82) is 0 Å². The summed E-state index contributed by atoms with van der Waals surface area (Å²) in [6, 6.07) is 12.0. The normalized spacial score (nSPS) is 11.8. The van der Waals surface area contributed by atoms with E-state index in [1.807, 2.05) is 28.8 Å². The van der Waals surface area contributed by atoms with Gasteiger partial charge in [-0.2, -0.15) is 18.2 Å². The molecule has 0 fully saturated rings. The number of fused-ring (bicyclic) bond motifs is 1. The second-order valence-corrected chi connectivity index (χ2v) is 7.48. The van der Waals surface area contributed by atoms with Gasteiger partial charge < -0.3 is 18.6 Å². The summed E-state index contributed by atoms with van der Waals surface area (Å²) < 4.78 is 56.4. The predicted molar refractivity (Wildman–Crippen MR) is 118 cm³/mol. The van der Waals surface area contributed by atoms with E-state index < -0.39 is 11.7 Å². The van der Waals surface area contributed by atoms with Gasteiger partial charge in [0.15, 0.2) is 0 Å². The second-order valence-electron chi connectivity index (χ2n) is 7.48. The summed E-state index contributed by atoms with van der Waals surface area (Å²) in [5.74, 6) is 1.05. The minimum Gasteiger partial charge on any atom is -0.437 e. The summed E-state index contributed by atoms with van der Waals surface area (Å²) in [4.78, 5) is 12.7. The molecule has 3 heterocycles. The number of aromatic nitrogens is 5. The fourth-order valence-electron chi connectivity index (χ4n) is 3.38. The lowest BCUT2D eigenvalue weighted by Crippen LogP contribution is -2.04. The zero-order valence-electron chi connectivity index (χ0n) is 18.3. The Bertz CT molecular complexity index is 1440. The number of halogens is 3. The Hall–Kier alpha value is -4.25. The summed E-state index contributed by atoms with van der Waals surface area (Å²) in [6.07, 6.45) is 1.57. The van der Waals surface area contributed by atoms with Crippen molar-refractivity contribution in [2.75, 3.05) is 13.7 Å². The Morgan fingerprint density at radius 2 is 1.89 bits per heavy atom. The third-order valence-corrected chi connectivity index (χ3v) is 5.15. The zero-order chi connectivity index (χ0) is 24.4. The molecule has 0 unspecified atom stereocenters. The molecule has 0 N–H and O–H groups in total. The Balaban J connectivity index is 1.30. The average Bonchev–Trinajstić information content (AvgIpc) is 3.50. The van der Waals surface area contributed by atoms with E-state index >= 15 is 0 Å². The van der Waals surface area contributed by atoms with Crippen LogP contribution >= 0.6 is 0 Å². The molecule has 0 aliphatic heterocycles. The van der Waals surface area contributed by atoms with Crippen molar-refractivity contribution in [2.24, 2.45) is 0 Å². The number of hydrogen-bond donors (Lipinski definition) is 0. The minimum atomic E-state index is -4.42. The third-order valence-electron chi connectivity index (χ3n) is 5.15. The third kappa shape index (κ3) is 4.85. The van der Waals surface area contributed by atoms with E-state index in [1.54, 1.807) is 7.11 Å². The van der Waals surface area contributed by atoms with Crippen LogP contribution in [0.1, 0.15) is 5.56 Å². The van der Waals surface area contributed by atoms with Crippen LogP contribution in [0, 0.1) is 6.20 Å². The molecule has 0 spiro atoms. The predicted octanol–water partition coefficient (Wildman–Crippen LogP) is 5.41. The number of nitrogens with zero attached hydrogens (tertiary/aromatic N) is 5. The number of alkyl halides is 3. The monoisotopic (exact) mass is 480 g/mol. The van der Waals surface area contributed by atoms with Gasteiger partial charge in [-0.1, -0.05) is 17.3 Å². The van der Waals surface area contributed by atoms with Gasteiger partial charge in [0.1, 0.15) is 11.4 Å². The van der Waals surface area contributed by atoms with Crippen molar-refractivity contribution < 1.29 is 27.2 Å². The quantitative estimate of drug-likeness (QED) is 0.308. The first-order chi connectivity index (χ1) is 16.9. The molecular weight excluding hydrogens is 463 g/mol. The Kier molecular flexibility index (Phi) is 5.91. The molecule has 0 saturated carbocycles. The van der Waals surface area contributed by atoms with E-state index in [0.29, 0.717) is 30.2 Å². The van der Waals surface area contributed by atoms with Gasteiger partial charge in [-0.15, -0.1) is 0 Å². The highest BCUT2D eigenvalue weighted by Crippen LogP contribution is 2.31. The molecule has 11 heteroatoms. The van der Waals surface area contributed by atoms with Crippen LogP contribution in [0.15, 0.2) is 65.4 Å². The van der Waals surface area contributed by atoms with Crippen molar-refractivity contribution >= 4 is 10.9 Å². The summed E-state index contributed by atoms with van der Waals surface area (Å²) in [5.41, 5.74) is 0.864. The smallest absolute Gasteiger partial charge is 0.416 e. The zero-order valence-corrected chi connectivity index (χ0v) is 18.3. The minimum absolute atomic E-state index is 0.0758. The Morgan fingerprint density at radius 1 is 1.06 bits per heavy atom. The van der Waals surface area contributed by atoms with Crippen LogP contribution < -0.4 is 4.74 Å². The lowest BCUT2D eigenvalue weighted by Gasteiger charge is -2.07. The number of ether oxygens (including phenoxy) is 2. The average molecular weight is 480 g/mol. The molecule has 0 bridgehead atoms. The maximum atomic E-state index is 12.8. The molecule has 5 aromatic rings. The Morgan fingerprint density at radius 3 is 2.60 bits per heavy atom. The molecule has 2 aromatic carbocycles. The molecule has 0 saturated heterocycles. The highest BCUT2D eigenvalue weighted by Gasteiger charge is 2.30. The lowest BCUT2D eigenvalue weighted by molar-refractivity contribution is -0.137. The molecule has 177 valence electrons. The van der Waals surface area contributed by atoms with E-state index in [9.17, 15) is 13.2 Å². The van der Waals surface area contributed by atoms with Crippen LogP contribution in [-0.4, -0.2) is 38.4 Å². The standard InChI is InChI=1S/C24H17F3N5O3/c1-33-11-10-32-9-8-15-4-7-18(12-20(15)32)34-21-14-28-19(13-29-21)23-30-22(31-35-23)16-2-5-17(6-3-16)24(25,26)27/h2-8,12-14H,10-11H2,1H3. The lowest BCUT2D eigenvalue weighted by atomic mass is 10.1. The Labute approximate surface area is 197 Å². The van der Waals surface area contributed by atoms with E-state index in [2.05, 4.69) is 26.3 Å². The van der Waals surface area contributed by atoms with Crippen LogP contribution in [0.5, 0.6) is 11.6 Å². The maximum Gasteiger partial charge on any atom is 0.416 e.